The lowest BCUT2D eigenvalue weighted by molar-refractivity contribution is -0.131. The summed E-state index contributed by atoms with van der Waals surface area (Å²) in [5.41, 5.74) is 0.607. The normalized spacial score (nSPS) is 17.4. The van der Waals surface area contributed by atoms with Crippen molar-refractivity contribution in [2.24, 2.45) is 0 Å². The van der Waals surface area contributed by atoms with E-state index in [2.05, 4.69) is 41.9 Å². The monoisotopic (exact) mass is 361 g/mol. The fourth-order valence-electron chi connectivity index (χ4n) is 3.14. The van der Waals surface area contributed by atoms with Crippen LogP contribution < -0.4 is 10.6 Å². The van der Waals surface area contributed by atoms with E-state index in [0.29, 0.717) is 6.54 Å². The van der Waals surface area contributed by atoms with E-state index in [1.54, 1.807) is 17.5 Å². The van der Waals surface area contributed by atoms with Crippen LogP contribution in [0.15, 0.2) is 23.8 Å². The molecule has 3 rings (SSSR count). The van der Waals surface area contributed by atoms with Crippen molar-refractivity contribution >= 4 is 17.2 Å². The van der Waals surface area contributed by atoms with E-state index >= 15 is 0 Å². The molecule has 0 aliphatic carbocycles. The quantitative estimate of drug-likeness (QED) is 0.855. The van der Waals surface area contributed by atoms with Gasteiger partial charge in [-0.3, -0.25) is 9.48 Å². The topological polar surface area (TPSA) is 71.8 Å². The molecule has 2 aromatic heterocycles. The van der Waals surface area contributed by atoms with Gasteiger partial charge in [0.15, 0.2) is 0 Å². The Morgan fingerprint density at radius 1 is 1.40 bits per heavy atom. The van der Waals surface area contributed by atoms with Crippen molar-refractivity contribution in [3.63, 3.8) is 0 Å². The lowest BCUT2D eigenvalue weighted by Crippen LogP contribution is -2.54. The SMILES string of the molecule is CC(C)(C)c1csc(CCNC(=O)C2(n3cccn3)CCNCC2)n1. The first kappa shape index (κ1) is 18.1. The first-order valence-corrected chi connectivity index (χ1v) is 9.74. The Hall–Kier alpha value is -1.73. The van der Waals surface area contributed by atoms with Crippen LogP contribution in [0.2, 0.25) is 0 Å². The molecule has 2 N–H and O–H groups in total. The number of nitrogens with one attached hydrogen (secondary N) is 2. The third-order valence-electron chi connectivity index (χ3n) is 4.74. The summed E-state index contributed by atoms with van der Waals surface area (Å²) >= 11 is 1.67. The van der Waals surface area contributed by atoms with Gasteiger partial charge in [-0.05, 0) is 32.0 Å². The predicted octanol–water partition coefficient (Wildman–Crippen LogP) is 2.07. The number of amides is 1. The molecule has 1 aliphatic rings. The van der Waals surface area contributed by atoms with Gasteiger partial charge >= 0.3 is 0 Å². The number of thiazole rings is 1. The highest BCUT2D eigenvalue weighted by Gasteiger charge is 2.41. The zero-order valence-electron chi connectivity index (χ0n) is 15.2. The third-order valence-corrected chi connectivity index (χ3v) is 5.65. The molecule has 0 saturated carbocycles. The molecule has 0 spiro atoms. The van der Waals surface area contributed by atoms with E-state index in [1.807, 2.05) is 16.9 Å². The van der Waals surface area contributed by atoms with Gasteiger partial charge in [-0.1, -0.05) is 20.8 Å². The van der Waals surface area contributed by atoms with Gasteiger partial charge in [0.25, 0.3) is 0 Å². The molecular weight excluding hydrogens is 334 g/mol. The molecule has 0 radical (unpaired) electrons. The Kier molecular flexibility index (Phi) is 5.24. The molecule has 1 amide bonds. The average Bonchev–Trinajstić information content (AvgIpc) is 3.27. The largest absolute Gasteiger partial charge is 0.354 e. The van der Waals surface area contributed by atoms with Crippen LogP contribution in [0.4, 0.5) is 0 Å². The van der Waals surface area contributed by atoms with Crippen LogP contribution in [-0.2, 0) is 22.2 Å². The summed E-state index contributed by atoms with van der Waals surface area (Å²) < 4.78 is 1.82. The molecule has 2 aromatic rings. The summed E-state index contributed by atoms with van der Waals surface area (Å²) in [6, 6.07) is 1.88. The minimum absolute atomic E-state index is 0.0605. The number of aromatic nitrogens is 3. The van der Waals surface area contributed by atoms with Crippen molar-refractivity contribution in [1.82, 2.24) is 25.4 Å². The Bertz CT molecular complexity index is 695. The van der Waals surface area contributed by atoms with E-state index in [-0.39, 0.29) is 11.3 Å². The van der Waals surface area contributed by atoms with Crippen LogP contribution in [0.25, 0.3) is 0 Å². The highest BCUT2D eigenvalue weighted by Crippen LogP contribution is 2.27. The highest BCUT2D eigenvalue weighted by atomic mass is 32.1. The lowest BCUT2D eigenvalue weighted by atomic mass is 9.87. The number of carbonyl (C=O) groups excluding carboxylic acids is 1. The summed E-state index contributed by atoms with van der Waals surface area (Å²) in [5, 5.41) is 14.0. The maximum Gasteiger partial charge on any atom is 0.248 e. The van der Waals surface area contributed by atoms with Crippen molar-refractivity contribution in [2.45, 2.75) is 51.0 Å². The van der Waals surface area contributed by atoms with Gasteiger partial charge in [0.1, 0.15) is 5.54 Å². The first-order valence-electron chi connectivity index (χ1n) is 8.86. The summed E-state index contributed by atoms with van der Waals surface area (Å²) in [5.74, 6) is 0.0605. The van der Waals surface area contributed by atoms with Crippen molar-refractivity contribution in [1.29, 1.82) is 0 Å². The third kappa shape index (κ3) is 3.93. The Morgan fingerprint density at radius 3 is 2.76 bits per heavy atom. The van der Waals surface area contributed by atoms with E-state index in [1.165, 1.54) is 0 Å². The molecule has 0 bridgehead atoms. The molecule has 6 nitrogen and oxygen atoms in total. The van der Waals surface area contributed by atoms with Gasteiger partial charge in [0.2, 0.25) is 5.91 Å². The second-order valence-corrected chi connectivity index (χ2v) is 8.56. The van der Waals surface area contributed by atoms with Crippen molar-refractivity contribution in [2.75, 3.05) is 19.6 Å². The molecule has 0 unspecified atom stereocenters. The maximum absolute atomic E-state index is 13.0. The van der Waals surface area contributed by atoms with Crippen molar-refractivity contribution in [3.05, 3.63) is 34.5 Å². The molecule has 1 saturated heterocycles. The van der Waals surface area contributed by atoms with E-state index in [0.717, 1.165) is 43.1 Å². The molecule has 1 fully saturated rings. The van der Waals surface area contributed by atoms with Crippen LogP contribution >= 0.6 is 11.3 Å². The molecule has 136 valence electrons. The number of hydrogen-bond acceptors (Lipinski definition) is 5. The van der Waals surface area contributed by atoms with Crippen LogP contribution in [0.3, 0.4) is 0 Å². The van der Waals surface area contributed by atoms with Crippen LogP contribution in [0.1, 0.15) is 44.3 Å². The molecule has 0 atom stereocenters. The van der Waals surface area contributed by atoms with Crippen LogP contribution in [0.5, 0.6) is 0 Å². The molecular formula is C18H27N5OS. The summed E-state index contributed by atoms with van der Waals surface area (Å²) in [6.07, 6.45) is 5.90. The lowest BCUT2D eigenvalue weighted by Gasteiger charge is -2.36. The Morgan fingerprint density at radius 2 is 2.16 bits per heavy atom. The maximum atomic E-state index is 13.0. The number of hydrogen-bond donors (Lipinski definition) is 2. The second-order valence-electron chi connectivity index (χ2n) is 7.61. The average molecular weight is 362 g/mol. The minimum Gasteiger partial charge on any atom is -0.354 e. The number of piperidine rings is 1. The van der Waals surface area contributed by atoms with E-state index in [9.17, 15) is 4.79 Å². The summed E-state index contributed by atoms with van der Waals surface area (Å²) in [6.45, 7) is 8.76. The van der Waals surface area contributed by atoms with Gasteiger partial charge in [-0.25, -0.2) is 4.98 Å². The minimum atomic E-state index is -0.575. The highest BCUT2D eigenvalue weighted by molar-refractivity contribution is 7.09. The fraction of sp³-hybridized carbons (Fsp3) is 0.611. The number of nitrogens with zero attached hydrogens (tertiary/aromatic N) is 3. The molecule has 25 heavy (non-hydrogen) atoms. The number of carbonyl (C=O) groups is 1. The molecule has 3 heterocycles. The van der Waals surface area contributed by atoms with Crippen LogP contribution in [0, 0.1) is 0 Å². The van der Waals surface area contributed by atoms with E-state index in [4.69, 9.17) is 4.98 Å². The Labute approximate surface area is 153 Å². The second kappa shape index (κ2) is 7.25. The van der Waals surface area contributed by atoms with Gasteiger partial charge < -0.3 is 10.6 Å². The zero-order chi connectivity index (χ0) is 17.9. The van der Waals surface area contributed by atoms with Gasteiger partial charge in [0, 0.05) is 36.2 Å². The first-order chi connectivity index (χ1) is 11.9. The summed E-state index contributed by atoms with van der Waals surface area (Å²) in [4.78, 5) is 17.7. The molecule has 7 heteroatoms. The van der Waals surface area contributed by atoms with E-state index < -0.39 is 5.54 Å². The number of rotatable bonds is 5. The molecule has 0 aromatic carbocycles. The smallest absolute Gasteiger partial charge is 0.248 e. The Balaban J connectivity index is 1.62. The van der Waals surface area contributed by atoms with Crippen molar-refractivity contribution < 1.29 is 4.79 Å². The van der Waals surface area contributed by atoms with Gasteiger partial charge in [-0.15, -0.1) is 11.3 Å². The predicted molar refractivity (Wildman–Crippen MR) is 99.8 cm³/mol. The molecule has 1 aliphatic heterocycles. The summed E-state index contributed by atoms with van der Waals surface area (Å²) in [7, 11) is 0. The van der Waals surface area contributed by atoms with Gasteiger partial charge in [-0.2, -0.15) is 5.10 Å². The standard InChI is InChI=1S/C18H27N5OS/c1-17(2,3)14-13-25-15(22-14)5-9-20-16(24)18(6-10-19-11-7-18)23-12-4-8-21-23/h4,8,12-13,19H,5-7,9-11H2,1-3H3,(H,20,24). The fourth-order valence-corrected chi connectivity index (χ4v) is 4.17. The van der Waals surface area contributed by atoms with Gasteiger partial charge in [0.05, 0.1) is 10.7 Å². The van der Waals surface area contributed by atoms with Crippen molar-refractivity contribution in [3.8, 4) is 0 Å². The van der Waals surface area contributed by atoms with Crippen LogP contribution in [-0.4, -0.2) is 40.3 Å². The zero-order valence-corrected chi connectivity index (χ0v) is 16.0.